The van der Waals surface area contributed by atoms with E-state index in [1.807, 2.05) is 0 Å². The summed E-state index contributed by atoms with van der Waals surface area (Å²) in [6.07, 6.45) is 47.7. The zero-order chi connectivity index (χ0) is 41.5. The Morgan fingerprint density at radius 1 is 0.250 bits per heavy atom. The van der Waals surface area contributed by atoms with Gasteiger partial charge in [-0.1, -0.05) is 243 Å². The molecule has 2 aromatic heterocycles. The lowest BCUT2D eigenvalue weighted by Crippen LogP contribution is -1.86. The first-order valence-corrected chi connectivity index (χ1v) is 26.2. The summed E-state index contributed by atoms with van der Waals surface area (Å²) in [5.74, 6) is 0. The van der Waals surface area contributed by atoms with Crippen LogP contribution in [0.25, 0.3) is 54.1 Å². The Labute approximate surface area is 366 Å². The number of hydrogen-bond acceptors (Lipinski definition) is 0. The molecule has 60 heavy (non-hydrogen) atoms. The van der Waals surface area contributed by atoms with Gasteiger partial charge in [-0.15, -0.1) is 0 Å². The third-order valence-corrected chi connectivity index (χ3v) is 14.1. The van der Waals surface area contributed by atoms with E-state index in [9.17, 15) is 0 Å². The van der Waals surface area contributed by atoms with E-state index < -0.39 is 0 Å². The van der Waals surface area contributed by atoms with Crippen molar-refractivity contribution in [2.24, 2.45) is 0 Å². The third-order valence-electron chi connectivity index (χ3n) is 14.1. The molecule has 0 saturated heterocycles. The van der Waals surface area contributed by atoms with Crippen LogP contribution < -0.4 is 0 Å². The van der Waals surface area contributed by atoms with Crippen molar-refractivity contribution in [3.63, 3.8) is 0 Å². The number of nitrogens with one attached hydrogen (secondary N) is 2. The normalized spacial score (nSPS) is 12.1. The second-order valence-corrected chi connectivity index (χ2v) is 19.2. The molecule has 0 aliphatic carbocycles. The van der Waals surface area contributed by atoms with Crippen LogP contribution in [-0.2, 0) is 12.8 Å². The van der Waals surface area contributed by atoms with Gasteiger partial charge in [-0.3, -0.25) is 0 Å². The van der Waals surface area contributed by atoms with Gasteiger partial charge >= 0.3 is 0 Å². The highest BCUT2D eigenvalue weighted by atomic mass is 14.7. The van der Waals surface area contributed by atoms with Gasteiger partial charge in [-0.2, -0.15) is 0 Å². The molecule has 6 rings (SSSR count). The van der Waals surface area contributed by atoms with Gasteiger partial charge in [0.25, 0.3) is 0 Å². The standard InChI is InChI=1S/C58H86N2/c1-3-5-7-9-11-13-15-17-19-21-23-25-27-29-31-33-35-47-45-55-53-39-37-50-49(51(53)41-43-57(55)59-47)38-40-54-52(50)42-44-58-56(54)46-48(60-58)36-34-32-30-28-26-24-22-20-18-16-14-12-10-8-6-4-2/h37-46,59-60H,3-36H2,1-2H3. The summed E-state index contributed by atoms with van der Waals surface area (Å²) in [6, 6.07) is 23.8. The van der Waals surface area contributed by atoms with Gasteiger partial charge in [0.1, 0.15) is 0 Å². The quantitative estimate of drug-likeness (QED) is 0.0301. The molecule has 2 nitrogen and oxygen atoms in total. The second kappa shape index (κ2) is 26.9. The van der Waals surface area contributed by atoms with E-state index in [4.69, 9.17) is 0 Å². The lowest BCUT2D eigenvalue weighted by molar-refractivity contribution is 0.529. The molecule has 0 aliphatic heterocycles. The van der Waals surface area contributed by atoms with Crippen LogP contribution in [0.1, 0.15) is 231 Å². The first-order chi connectivity index (χ1) is 29.8. The Bertz CT molecular complexity index is 1930. The van der Waals surface area contributed by atoms with E-state index in [2.05, 4.69) is 84.5 Å². The lowest BCUT2D eigenvalue weighted by atomic mass is 9.94. The molecule has 0 unspecified atom stereocenters. The van der Waals surface area contributed by atoms with Crippen molar-refractivity contribution in [3.8, 4) is 0 Å². The van der Waals surface area contributed by atoms with Crippen molar-refractivity contribution >= 4 is 54.1 Å². The van der Waals surface area contributed by atoms with Gasteiger partial charge < -0.3 is 9.97 Å². The van der Waals surface area contributed by atoms with Crippen LogP contribution in [0.15, 0.2) is 60.7 Å². The van der Waals surface area contributed by atoms with Gasteiger partial charge in [0.05, 0.1) is 0 Å². The van der Waals surface area contributed by atoms with Crippen molar-refractivity contribution in [2.75, 3.05) is 0 Å². The summed E-state index contributed by atoms with van der Waals surface area (Å²) in [6.45, 7) is 4.61. The summed E-state index contributed by atoms with van der Waals surface area (Å²) in [4.78, 5) is 7.56. The van der Waals surface area contributed by atoms with E-state index in [1.54, 1.807) is 0 Å². The molecule has 328 valence electrons. The van der Waals surface area contributed by atoms with E-state index >= 15 is 0 Å². The maximum atomic E-state index is 3.78. The van der Waals surface area contributed by atoms with E-state index in [-0.39, 0.29) is 0 Å². The number of unbranched alkanes of at least 4 members (excludes halogenated alkanes) is 30. The minimum atomic E-state index is 1.15. The first-order valence-electron chi connectivity index (χ1n) is 26.2. The number of rotatable bonds is 34. The number of benzene rings is 4. The van der Waals surface area contributed by atoms with Crippen LogP contribution in [0.2, 0.25) is 0 Å². The molecule has 4 aromatic carbocycles. The van der Waals surface area contributed by atoms with Gasteiger partial charge in [0, 0.05) is 33.2 Å². The van der Waals surface area contributed by atoms with E-state index in [1.165, 1.54) is 271 Å². The van der Waals surface area contributed by atoms with Gasteiger partial charge in [-0.05, 0) is 82.3 Å². The largest absolute Gasteiger partial charge is 0.358 e. The fourth-order valence-electron chi connectivity index (χ4n) is 10.4. The van der Waals surface area contributed by atoms with Gasteiger partial charge in [-0.25, -0.2) is 0 Å². The number of aromatic nitrogens is 2. The fraction of sp³-hybridized carbons (Fsp3) is 0.621. The molecule has 0 saturated carbocycles. The second-order valence-electron chi connectivity index (χ2n) is 19.2. The summed E-state index contributed by atoms with van der Waals surface area (Å²) >= 11 is 0. The van der Waals surface area contributed by atoms with Gasteiger partial charge in [0.15, 0.2) is 0 Å². The van der Waals surface area contributed by atoms with Crippen molar-refractivity contribution < 1.29 is 0 Å². The molecular weight excluding hydrogens is 725 g/mol. The van der Waals surface area contributed by atoms with Crippen LogP contribution in [0.3, 0.4) is 0 Å². The van der Waals surface area contributed by atoms with Crippen LogP contribution >= 0.6 is 0 Å². The lowest BCUT2D eigenvalue weighted by Gasteiger charge is -2.09. The molecule has 0 atom stereocenters. The summed E-state index contributed by atoms with van der Waals surface area (Å²) in [7, 11) is 0. The maximum absolute atomic E-state index is 3.78. The molecule has 2 N–H and O–H groups in total. The Morgan fingerprint density at radius 2 is 0.467 bits per heavy atom. The van der Waals surface area contributed by atoms with Crippen LogP contribution in [0, 0.1) is 0 Å². The average Bonchev–Trinajstić information content (AvgIpc) is 3.90. The predicted molar refractivity (Wildman–Crippen MR) is 269 cm³/mol. The number of H-pyrrole nitrogens is 2. The monoisotopic (exact) mass is 811 g/mol. The summed E-state index contributed by atoms with van der Waals surface area (Å²) in [5, 5.41) is 11.0. The molecule has 0 bridgehead atoms. The molecule has 2 heterocycles. The number of hydrogen-bond donors (Lipinski definition) is 2. The topological polar surface area (TPSA) is 31.6 Å². The average molecular weight is 811 g/mol. The summed E-state index contributed by atoms with van der Waals surface area (Å²) in [5.41, 5.74) is 5.35. The van der Waals surface area contributed by atoms with Crippen LogP contribution in [-0.4, -0.2) is 9.97 Å². The number of fused-ring (bicyclic) bond motifs is 9. The Morgan fingerprint density at radius 3 is 0.733 bits per heavy atom. The van der Waals surface area contributed by atoms with Crippen molar-refractivity contribution in [2.45, 2.75) is 232 Å². The third kappa shape index (κ3) is 14.4. The molecule has 0 fully saturated rings. The molecule has 6 aromatic rings. The Balaban J connectivity index is 0.898. The highest BCUT2D eigenvalue weighted by Gasteiger charge is 2.12. The minimum absolute atomic E-state index is 1.15. The molecule has 0 spiro atoms. The van der Waals surface area contributed by atoms with Crippen LogP contribution in [0.5, 0.6) is 0 Å². The highest BCUT2D eigenvalue weighted by Crippen LogP contribution is 2.37. The molecule has 0 aliphatic rings. The smallest absolute Gasteiger partial charge is 0.0462 e. The molecule has 0 radical (unpaired) electrons. The SMILES string of the molecule is CCCCCCCCCCCCCCCCCCc1cc2c(ccc3c2ccc2c4ccc5[nH]c(CCCCCCCCCCCCCCCCCC)cc5c4ccc32)[nH]1. The number of aromatic amines is 2. The first kappa shape index (κ1) is 46.2. The fourth-order valence-corrected chi connectivity index (χ4v) is 10.4. The zero-order valence-corrected chi connectivity index (χ0v) is 38.8. The van der Waals surface area contributed by atoms with E-state index in [0.29, 0.717) is 0 Å². The van der Waals surface area contributed by atoms with Crippen molar-refractivity contribution in [1.82, 2.24) is 9.97 Å². The number of aryl methyl sites for hydroxylation is 2. The molecular formula is C58H86N2. The van der Waals surface area contributed by atoms with Crippen molar-refractivity contribution in [3.05, 3.63) is 72.1 Å². The molecule has 2 heteroatoms. The van der Waals surface area contributed by atoms with E-state index in [0.717, 1.165) is 12.8 Å². The Kier molecular flexibility index (Phi) is 20.8. The Hall–Kier alpha value is -3.26. The highest BCUT2D eigenvalue weighted by molar-refractivity contribution is 6.24. The maximum Gasteiger partial charge on any atom is 0.0462 e. The minimum Gasteiger partial charge on any atom is -0.358 e. The van der Waals surface area contributed by atoms with Crippen LogP contribution in [0.4, 0.5) is 0 Å². The summed E-state index contributed by atoms with van der Waals surface area (Å²) < 4.78 is 0. The van der Waals surface area contributed by atoms with Crippen molar-refractivity contribution in [1.29, 1.82) is 0 Å². The molecule has 0 amide bonds. The predicted octanol–water partition coefficient (Wildman–Crippen LogP) is 19.7. The zero-order valence-electron chi connectivity index (χ0n) is 38.8. The van der Waals surface area contributed by atoms with Gasteiger partial charge in [0.2, 0.25) is 0 Å².